The van der Waals surface area contributed by atoms with E-state index in [2.05, 4.69) is 10.3 Å². The minimum Gasteiger partial charge on any atom is -0.376 e. The van der Waals surface area contributed by atoms with Gasteiger partial charge in [0.05, 0.1) is 5.69 Å². The lowest BCUT2D eigenvalue weighted by Crippen LogP contribution is -2.15. The van der Waals surface area contributed by atoms with Crippen LogP contribution in [-0.2, 0) is 0 Å². The van der Waals surface area contributed by atoms with Crippen LogP contribution in [0.5, 0.6) is 0 Å². The molecule has 1 aromatic heterocycles. The van der Waals surface area contributed by atoms with E-state index in [9.17, 15) is 4.39 Å². The summed E-state index contributed by atoms with van der Waals surface area (Å²) in [5.41, 5.74) is 2.00. The zero-order valence-electron chi connectivity index (χ0n) is 11.4. The van der Waals surface area contributed by atoms with Crippen molar-refractivity contribution in [1.29, 1.82) is 0 Å². The van der Waals surface area contributed by atoms with Gasteiger partial charge in [-0.25, -0.2) is 9.37 Å². The van der Waals surface area contributed by atoms with E-state index < -0.39 is 0 Å². The molecule has 1 heterocycles. The first kappa shape index (κ1) is 13.3. The van der Waals surface area contributed by atoms with Crippen molar-refractivity contribution in [3.05, 3.63) is 54.0 Å². The smallest absolute Gasteiger partial charge is 0.151 e. The molecule has 0 bridgehead atoms. The number of nitrogens with zero attached hydrogens (tertiary/aromatic N) is 2. The number of halogens is 1. The van der Waals surface area contributed by atoms with E-state index in [1.165, 1.54) is 12.1 Å². The zero-order chi connectivity index (χ0) is 13.8. The van der Waals surface area contributed by atoms with Crippen LogP contribution in [0.15, 0.2) is 42.6 Å². The van der Waals surface area contributed by atoms with Crippen LogP contribution in [0.1, 0.15) is 18.5 Å². The van der Waals surface area contributed by atoms with E-state index in [4.69, 9.17) is 0 Å². The second-order valence-electron chi connectivity index (χ2n) is 4.69. The van der Waals surface area contributed by atoms with Gasteiger partial charge in [-0.05, 0) is 36.8 Å². The molecule has 0 aliphatic rings. The van der Waals surface area contributed by atoms with Crippen LogP contribution in [-0.4, -0.2) is 19.1 Å². The molecule has 3 nitrogen and oxygen atoms in total. The van der Waals surface area contributed by atoms with Gasteiger partial charge in [0.2, 0.25) is 0 Å². The maximum atomic E-state index is 12.9. The summed E-state index contributed by atoms with van der Waals surface area (Å²) in [6.45, 7) is 2.04. The molecule has 1 N–H and O–H groups in total. The summed E-state index contributed by atoms with van der Waals surface area (Å²) in [6, 6.07) is 10.5. The van der Waals surface area contributed by atoms with Crippen LogP contribution in [0.25, 0.3) is 0 Å². The molecular formula is C15H18FN3. The van der Waals surface area contributed by atoms with Crippen LogP contribution < -0.4 is 10.2 Å². The van der Waals surface area contributed by atoms with Crippen LogP contribution in [0.2, 0.25) is 0 Å². The number of pyridine rings is 1. The van der Waals surface area contributed by atoms with Gasteiger partial charge in [-0.2, -0.15) is 0 Å². The standard InChI is InChI=1S/C15H18FN3/c1-11(12-6-8-13(16)9-7-12)18-14-5-4-10-17-15(14)19(2)3/h4-11,18H,1-3H3. The lowest BCUT2D eigenvalue weighted by molar-refractivity contribution is 0.626. The van der Waals surface area contributed by atoms with E-state index in [0.29, 0.717) is 0 Å². The van der Waals surface area contributed by atoms with Gasteiger partial charge in [0.15, 0.2) is 5.82 Å². The molecule has 4 heteroatoms. The second kappa shape index (κ2) is 5.69. The Morgan fingerprint density at radius 3 is 2.47 bits per heavy atom. The molecule has 0 aliphatic carbocycles. The fourth-order valence-electron chi connectivity index (χ4n) is 1.93. The van der Waals surface area contributed by atoms with Crippen molar-refractivity contribution in [3.63, 3.8) is 0 Å². The van der Waals surface area contributed by atoms with Crippen molar-refractivity contribution < 1.29 is 4.39 Å². The summed E-state index contributed by atoms with van der Waals surface area (Å²) in [5, 5.41) is 3.40. The number of benzene rings is 1. The molecule has 0 aliphatic heterocycles. The quantitative estimate of drug-likeness (QED) is 0.911. The monoisotopic (exact) mass is 259 g/mol. The molecule has 0 radical (unpaired) electrons. The average Bonchev–Trinajstić information content (AvgIpc) is 2.39. The van der Waals surface area contributed by atoms with Crippen molar-refractivity contribution in [2.24, 2.45) is 0 Å². The second-order valence-corrected chi connectivity index (χ2v) is 4.69. The third kappa shape index (κ3) is 3.22. The summed E-state index contributed by atoms with van der Waals surface area (Å²) in [4.78, 5) is 6.30. The van der Waals surface area contributed by atoms with Gasteiger partial charge in [0, 0.05) is 26.3 Å². The fourth-order valence-corrected chi connectivity index (χ4v) is 1.93. The number of rotatable bonds is 4. The van der Waals surface area contributed by atoms with Gasteiger partial charge in [-0.1, -0.05) is 12.1 Å². The lowest BCUT2D eigenvalue weighted by atomic mass is 10.1. The van der Waals surface area contributed by atoms with Gasteiger partial charge < -0.3 is 10.2 Å². The van der Waals surface area contributed by atoms with E-state index in [0.717, 1.165) is 17.1 Å². The Bertz CT molecular complexity index is 537. The third-order valence-electron chi connectivity index (χ3n) is 2.95. The maximum absolute atomic E-state index is 12.9. The van der Waals surface area contributed by atoms with Gasteiger partial charge in [-0.15, -0.1) is 0 Å². The number of hydrogen-bond acceptors (Lipinski definition) is 3. The lowest BCUT2D eigenvalue weighted by Gasteiger charge is -2.21. The van der Waals surface area contributed by atoms with Crippen molar-refractivity contribution in [2.75, 3.05) is 24.3 Å². The van der Waals surface area contributed by atoms with E-state index >= 15 is 0 Å². The third-order valence-corrected chi connectivity index (χ3v) is 2.95. The highest BCUT2D eigenvalue weighted by Gasteiger charge is 2.10. The van der Waals surface area contributed by atoms with E-state index in [1.54, 1.807) is 18.3 Å². The molecule has 100 valence electrons. The van der Waals surface area contributed by atoms with Crippen molar-refractivity contribution >= 4 is 11.5 Å². The largest absolute Gasteiger partial charge is 0.376 e. The summed E-state index contributed by atoms with van der Waals surface area (Å²) >= 11 is 0. The predicted octanol–water partition coefficient (Wildman–Crippen LogP) is 3.46. The molecule has 2 aromatic rings. The molecule has 19 heavy (non-hydrogen) atoms. The van der Waals surface area contributed by atoms with Crippen LogP contribution >= 0.6 is 0 Å². The molecule has 2 rings (SSSR count). The Hall–Kier alpha value is -2.10. The van der Waals surface area contributed by atoms with Crippen LogP contribution in [0.4, 0.5) is 15.9 Å². The Morgan fingerprint density at radius 2 is 1.84 bits per heavy atom. The number of hydrogen-bond donors (Lipinski definition) is 1. The molecule has 1 aromatic carbocycles. The van der Waals surface area contributed by atoms with Gasteiger partial charge in [-0.3, -0.25) is 0 Å². The highest BCUT2D eigenvalue weighted by atomic mass is 19.1. The first-order valence-electron chi connectivity index (χ1n) is 6.22. The predicted molar refractivity (Wildman–Crippen MR) is 77.0 cm³/mol. The van der Waals surface area contributed by atoms with Crippen molar-refractivity contribution in [3.8, 4) is 0 Å². The van der Waals surface area contributed by atoms with Crippen molar-refractivity contribution in [2.45, 2.75) is 13.0 Å². The number of anilines is 2. The highest BCUT2D eigenvalue weighted by Crippen LogP contribution is 2.25. The number of nitrogens with one attached hydrogen (secondary N) is 1. The summed E-state index contributed by atoms with van der Waals surface area (Å²) in [6.07, 6.45) is 1.77. The molecule has 0 fully saturated rings. The SMILES string of the molecule is CC(Nc1cccnc1N(C)C)c1ccc(F)cc1. The average molecular weight is 259 g/mol. The molecular weight excluding hydrogens is 241 g/mol. The topological polar surface area (TPSA) is 28.2 Å². The Labute approximate surface area is 113 Å². The van der Waals surface area contributed by atoms with Crippen LogP contribution in [0.3, 0.4) is 0 Å². The minimum atomic E-state index is -0.216. The van der Waals surface area contributed by atoms with E-state index in [-0.39, 0.29) is 11.9 Å². The molecule has 1 unspecified atom stereocenters. The normalized spacial score (nSPS) is 12.0. The Balaban J connectivity index is 2.19. The fraction of sp³-hybridized carbons (Fsp3) is 0.267. The summed E-state index contributed by atoms with van der Waals surface area (Å²) < 4.78 is 12.9. The zero-order valence-corrected chi connectivity index (χ0v) is 11.4. The molecule has 0 saturated carbocycles. The molecule has 0 amide bonds. The Kier molecular flexibility index (Phi) is 4.00. The van der Waals surface area contributed by atoms with Gasteiger partial charge in [0.25, 0.3) is 0 Å². The molecule has 0 spiro atoms. The molecule has 1 atom stereocenters. The van der Waals surface area contributed by atoms with Crippen molar-refractivity contribution in [1.82, 2.24) is 4.98 Å². The highest BCUT2D eigenvalue weighted by molar-refractivity contribution is 5.65. The Morgan fingerprint density at radius 1 is 1.16 bits per heavy atom. The molecule has 0 saturated heterocycles. The first-order chi connectivity index (χ1) is 9.08. The van der Waals surface area contributed by atoms with E-state index in [1.807, 2.05) is 38.1 Å². The van der Waals surface area contributed by atoms with Gasteiger partial charge in [0.1, 0.15) is 5.82 Å². The van der Waals surface area contributed by atoms with Crippen LogP contribution in [0, 0.1) is 5.82 Å². The maximum Gasteiger partial charge on any atom is 0.151 e. The summed E-state index contributed by atoms with van der Waals surface area (Å²) in [7, 11) is 3.91. The first-order valence-corrected chi connectivity index (χ1v) is 6.22. The summed E-state index contributed by atoms with van der Waals surface area (Å²) in [5.74, 6) is 0.669. The minimum absolute atomic E-state index is 0.0866. The number of aromatic nitrogens is 1. The van der Waals surface area contributed by atoms with Gasteiger partial charge >= 0.3 is 0 Å².